The van der Waals surface area contributed by atoms with Crippen LogP contribution in [-0.2, 0) is 4.74 Å². The van der Waals surface area contributed by atoms with Crippen molar-refractivity contribution in [2.45, 2.75) is 24.9 Å². The van der Waals surface area contributed by atoms with Gasteiger partial charge in [-0.2, -0.15) is 4.98 Å². The Morgan fingerprint density at radius 3 is 3.11 bits per heavy atom. The van der Waals surface area contributed by atoms with Gasteiger partial charge in [0.15, 0.2) is 17.4 Å². The number of rotatable bonds is 2. The monoisotopic (exact) mass is 267 g/mol. The van der Waals surface area contributed by atoms with Crippen LogP contribution < -0.4 is 11.3 Å². The lowest BCUT2D eigenvalue weighted by Gasteiger charge is -2.16. The topological polar surface area (TPSA) is 139 Å². The van der Waals surface area contributed by atoms with Gasteiger partial charge in [-0.3, -0.25) is 14.3 Å². The van der Waals surface area contributed by atoms with E-state index in [1.54, 1.807) is 0 Å². The lowest BCUT2D eigenvalue weighted by atomic mass is 10.2. The third-order valence-corrected chi connectivity index (χ3v) is 3.09. The molecule has 1 aliphatic heterocycles. The summed E-state index contributed by atoms with van der Waals surface area (Å²) in [7, 11) is 0. The van der Waals surface area contributed by atoms with E-state index >= 15 is 0 Å². The van der Waals surface area contributed by atoms with Gasteiger partial charge in [-0.05, 0) is 0 Å². The van der Waals surface area contributed by atoms with Crippen molar-refractivity contribution in [3.63, 3.8) is 0 Å². The number of nitrogens with zero attached hydrogens (tertiary/aromatic N) is 3. The maximum atomic E-state index is 11.6. The molecular formula is C10H13N5O4. The number of hydrogen-bond acceptors (Lipinski definition) is 7. The highest BCUT2D eigenvalue weighted by atomic mass is 16.5. The van der Waals surface area contributed by atoms with Crippen LogP contribution in [-0.4, -0.2) is 48.5 Å². The van der Waals surface area contributed by atoms with Gasteiger partial charge in [0, 0.05) is 6.42 Å². The van der Waals surface area contributed by atoms with Gasteiger partial charge < -0.3 is 20.7 Å². The molecule has 102 valence electrons. The number of nitrogens with one attached hydrogen (secondary N) is 1. The van der Waals surface area contributed by atoms with Crippen molar-refractivity contribution in [2.75, 3.05) is 12.3 Å². The van der Waals surface area contributed by atoms with Crippen LogP contribution >= 0.6 is 0 Å². The predicted molar refractivity (Wildman–Crippen MR) is 64.2 cm³/mol. The average molecular weight is 267 g/mol. The van der Waals surface area contributed by atoms with Crippen LogP contribution in [0.4, 0.5) is 5.95 Å². The Kier molecular flexibility index (Phi) is 2.73. The lowest BCUT2D eigenvalue weighted by Crippen LogP contribution is -2.20. The number of aliphatic hydroxyl groups excluding tert-OH is 2. The summed E-state index contributed by atoms with van der Waals surface area (Å²) in [6.07, 6.45) is -0.330. The molecule has 9 nitrogen and oxygen atoms in total. The average Bonchev–Trinajstić information content (AvgIpc) is 2.92. The highest BCUT2D eigenvalue weighted by Gasteiger charge is 2.35. The third-order valence-electron chi connectivity index (χ3n) is 3.09. The van der Waals surface area contributed by atoms with E-state index in [1.807, 2.05) is 0 Å². The molecule has 3 atom stereocenters. The number of fused-ring (bicyclic) bond motifs is 1. The van der Waals surface area contributed by atoms with Gasteiger partial charge in [-0.25, -0.2) is 4.98 Å². The molecule has 1 aliphatic rings. The minimum atomic E-state index is -0.808. The number of nitrogens with two attached hydrogens (primary N) is 1. The van der Waals surface area contributed by atoms with Crippen molar-refractivity contribution in [1.29, 1.82) is 0 Å². The van der Waals surface area contributed by atoms with E-state index in [-0.39, 0.29) is 23.7 Å². The van der Waals surface area contributed by atoms with Gasteiger partial charge in [0.2, 0.25) is 5.95 Å². The molecule has 1 saturated heterocycles. The first kappa shape index (κ1) is 12.1. The molecule has 1 fully saturated rings. The summed E-state index contributed by atoms with van der Waals surface area (Å²) < 4.78 is 6.93. The van der Waals surface area contributed by atoms with Gasteiger partial charge in [-0.1, -0.05) is 0 Å². The summed E-state index contributed by atoms with van der Waals surface area (Å²) in [6.45, 7) is -0.184. The Bertz CT molecular complexity index is 665. The summed E-state index contributed by atoms with van der Waals surface area (Å²) in [5.74, 6) is -0.0366. The van der Waals surface area contributed by atoms with Crippen molar-refractivity contribution in [3.8, 4) is 0 Å². The lowest BCUT2D eigenvalue weighted by molar-refractivity contribution is -0.0486. The maximum absolute atomic E-state index is 11.6. The summed E-state index contributed by atoms with van der Waals surface area (Å²) in [5, 5.41) is 19.0. The van der Waals surface area contributed by atoms with E-state index in [4.69, 9.17) is 15.6 Å². The third kappa shape index (κ3) is 1.87. The standard InChI is InChI=1S/C10H13N5O4/c11-10-13-7-6(8(18)14-10)12-3-15(7)9-5(17)1-4(2-16)19-9/h3-5,9,16-17H,1-2H2,(H3,11,13,14,18)/t4-,5?,9+/m0/s1. The van der Waals surface area contributed by atoms with Crippen LogP contribution in [0.3, 0.4) is 0 Å². The molecule has 9 heteroatoms. The summed E-state index contributed by atoms with van der Waals surface area (Å²) in [4.78, 5) is 21.9. The molecule has 3 heterocycles. The molecule has 0 aromatic carbocycles. The number of aromatic nitrogens is 4. The Balaban J connectivity index is 2.09. The van der Waals surface area contributed by atoms with Crippen LogP contribution in [0.5, 0.6) is 0 Å². The molecule has 0 amide bonds. The molecular weight excluding hydrogens is 254 g/mol. The summed E-state index contributed by atoms with van der Waals surface area (Å²) in [5.41, 5.74) is 5.40. The van der Waals surface area contributed by atoms with Crippen LogP contribution in [0.2, 0.25) is 0 Å². The zero-order valence-electron chi connectivity index (χ0n) is 9.85. The van der Waals surface area contributed by atoms with Gasteiger partial charge in [0.1, 0.15) is 6.10 Å². The molecule has 0 radical (unpaired) electrons. The van der Waals surface area contributed by atoms with Gasteiger partial charge in [0.05, 0.1) is 19.0 Å². The first-order valence-electron chi connectivity index (χ1n) is 5.77. The van der Waals surface area contributed by atoms with E-state index in [1.165, 1.54) is 10.9 Å². The fourth-order valence-corrected chi connectivity index (χ4v) is 2.23. The van der Waals surface area contributed by atoms with E-state index in [9.17, 15) is 9.90 Å². The fraction of sp³-hybridized carbons (Fsp3) is 0.500. The highest BCUT2D eigenvalue weighted by molar-refractivity contribution is 5.70. The van der Waals surface area contributed by atoms with Crippen LogP contribution in [0.1, 0.15) is 12.6 Å². The van der Waals surface area contributed by atoms with Crippen LogP contribution in [0, 0.1) is 0 Å². The Morgan fingerprint density at radius 2 is 2.42 bits per heavy atom. The predicted octanol–water partition coefficient (Wildman–Crippen LogP) is -1.66. The molecule has 0 bridgehead atoms. The zero-order chi connectivity index (χ0) is 13.6. The molecule has 19 heavy (non-hydrogen) atoms. The van der Waals surface area contributed by atoms with E-state index < -0.39 is 24.0 Å². The summed E-state index contributed by atoms with van der Waals surface area (Å²) in [6, 6.07) is 0. The molecule has 0 aliphatic carbocycles. The smallest absolute Gasteiger partial charge is 0.280 e. The fourth-order valence-electron chi connectivity index (χ4n) is 2.23. The molecule has 0 saturated carbocycles. The number of ether oxygens (including phenoxy) is 1. The number of anilines is 1. The minimum absolute atomic E-state index is 0.0366. The molecule has 1 unspecified atom stereocenters. The molecule has 2 aromatic rings. The second-order valence-corrected chi connectivity index (χ2v) is 4.41. The maximum Gasteiger partial charge on any atom is 0.280 e. The van der Waals surface area contributed by atoms with Gasteiger partial charge >= 0.3 is 0 Å². The minimum Gasteiger partial charge on any atom is -0.394 e. The first-order valence-corrected chi connectivity index (χ1v) is 5.77. The Morgan fingerprint density at radius 1 is 1.63 bits per heavy atom. The van der Waals surface area contributed by atoms with Crippen molar-refractivity contribution in [2.24, 2.45) is 0 Å². The van der Waals surface area contributed by atoms with E-state index in [0.717, 1.165) is 0 Å². The number of aromatic amines is 1. The number of hydrogen-bond donors (Lipinski definition) is 4. The SMILES string of the molecule is Nc1nc2c(ncn2[C@@H]2O[C@H](CO)CC2O)c(=O)[nH]1. The number of H-pyrrole nitrogens is 1. The first-order chi connectivity index (χ1) is 9.10. The van der Waals surface area contributed by atoms with Crippen molar-refractivity contribution >= 4 is 17.1 Å². The molecule has 5 N–H and O–H groups in total. The van der Waals surface area contributed by atoms with Crippen LogP contribution in [0.15, 0.2) is 11.1 Å². The molecule has 2 aromatic heterocycles. The largest absolute Gasteiger partial charge is 0.394 e. The van der Waals surface area contributed by atoms with Crippen molar-refractivity contribution in [1.82, 2.24) is 19.5 Å². The van der Waals surface area contributed by atoms with Gasteiger partial charge in [0.25, 0.3) is 5.56 Å². The van der Waals surface area contributed by atoms with Crippen molar-refractivity contribution in [3.05, 3.63) is 16.7 Å². The number of aliphatic hydroxyl groups is 2. The zero-order valence-corrected chi connectivity index (χ0v) is 9.85. The second-order valence-electron chi connectivity index (χ2n) is 4.41. The van der Waals surface area contributed by atoms with Gasteiger partial charge in [-0.15, -0.1) is 0 Å². The number of imidazole rings is 1. The normalized spacial score (nSPS) is 27.2. The highest BCUT2D eigenvalue weighted by Crippen LogP contribution is 2.30. The van der Waals surface area contributed by atoms with Crippen molar-refractivity contribution < 1.29 is 14.9 Å². The molecule has 3 rings (SSSR count). The van der Waals surface area contributed by atoms with E-state index in [0.29, 0.717) is 6.42 Å². The Hall–Kier alpha value is -1.97. The molecule has 0 spiro atoms. The quantitative estimate of drug-likeness (QED) is 0.510. The number of nitrogen functional groups attached to an aromatic ring is 1. The van der Waals surface area contributed by atoms with Crippen LogP contribution in [0.25, 0.3) is 11.2 Å². The Labute approximate surface area is 106 Å². The summed E-state index contributed by atoms with van der Waals surface area (Å²) >= 11 is 0. The second kappa shape index (κ2) is 4.30. The van der Waals surface area contributed by atoms with E-state index in [2.05, 4.69) is 15.0 Å².